The van der Waals surface area contributed by atoms with Gasteiger partial charge in [-0.3, -0.25) is 10.00 Å². The number of rotatable bonds is 5. The van der Waals surface area contributed by atoms with Crippen molar-refractivity contribution in [2.24, 2.45) is 7.05 Å². The van der Waals surface area contributed by atoms with Crippen molar-refractivity contribution in [3.8, 4) is 22.5 Å². The van der Waals surface area contributed by atoms with Crippen LogP contribution in [0, 0.1) is 0 Å². The Balaban J connectivity index is 1.15. The number of hydrogen-bond acceptors (Lipinski definition) is 5. The van der Waals surface area contributed by atoms with E-state index in [4.69, 9.17) is 4.74 Å². The summed E-state index contributed by atoms with van der Waals surface area (Å²) in [6, 6.07) is 23.3. The fraction of sp³-hybridized carbons (Fsp3) is 0.179. The van der Waals surface area contributed by atoms with Crippen molar-refractivity contribution in [3.63, 3.8) is 0 Å². The second kappa shape index (κ2) is 9.79. The van der Waals surface area contributed by atoms with E-state index in [1.807, 2.05) is 72.9 Å². The Kier molecular flexibility index (Phi) is 6.03. The van der Waals surface area contributed by atoms with Gasteiger partial charge in [-0.15, -0.1) is 0 Å². The van der Waals surface area contributed by atoms with Crippen molar-refractivity contribution in [2.45, 2.75) is 0 Å². The molecule has 0 aliphatic carbocycles. The minimum Gasteiger partial charge on any atom is -0.378 e. The zero-order valence-corrected chi connectivity index (χ0v) is 20.4. The van der Waals surface area contributed by atoms with Gasteiger partial charge in [0.25, 0.3) is 0 Å². The zero-order valence-electron chi connectivity index (χ0n) is 20.4. The van der Waals surface area contributed by atoms with E-state index in [0.29, 0.717) is 24.7 Å². The lowest BCUT2D eigenvalue weighted by Crippen LogP contribution is -2.36. The Bertz CT molecular complexity index is 1530. The molecule has 2 aromatic carbocycles. The molecule has 0 spiro atoms. The Labute approximate surface area is 214 Å². The first-order chi connectivity index (χ1) is 18.1. The van der Waals surface area contributed by atoms with Crippen LogP contribution in [0.2, 0.25) is 0 Å². The molecule has 3 aromatic heterocycles. The maximum atomic E-state index is 12.6. The van der Waals surface area contributed by atoms with Gasteiger partial charge in [0.2, 0.25) is 0 Å². The molecule has 1 aliphatic rings. The van der Waals surface area contributed by atoms with Gasteiger partial charge in [0.1, 0.15) is 11.6 Å². The molecule has 4 heterocycles. The Morgan fingerprint density at radius 1 is 0.946 bits per heavy atom. The molecule has 1 fully saturated rings. The summed E-state index contributed by atoms with van der Waals surface area (Å²) in [7, 11) is 1.80. The predicted octanol–water partition coefficient (Wildman–Crippen LogP) is 5.11. The molecule has 0 radical (unpaired) electrons. The average molecular weight is 494 g/mol. The molecule has 0 atom stereocenters. The highest BCUT2D eigenvalue weighted by molar-refractivity contribution is 6.00. The van der Waals surface area contributed by atoms with Crippen molar-refractivity contribution in [3.05, 3.63) is 79.0 Å². The van der Waals surface area contributed by atoms with Gasteiger partial charge in [-0.25, -0.2) is 9.78 Å². The van der Waals surface area contributed by atoms with Crippen LogP contribution in [0.15, 0.2) is 79.0 Å². The minimum atomic E-state index is -0.331. The van der Waals surface area contributed by atoms with Crippen LogP contribution in [0.3, 0.4) is 0 Å². The lowest BCUT2D eigenvalue weighted by Gasteiger charge is -2.28. The van der Waals surface area contributed by atoms with E-state index >= 15 is 0 Å². The monoisotopic (exact) mass is 493 g/mol. The van der Waals surface area contributed by atoms with Crippen LogP contribution >= 0.6 is 0 Å². The number of ether oxygens (including phenoxy) is 1. The molecule has 9 nitrogen and oxygen atoms in total. The lowest BCUT2D eigenvalue weighted by molar-refractivity contribution is 0.122. The van der Waals surface area contributed by atoms with Crippen LogP contribution in [0.1, 0.15) is 0 Å². The third kappa shape index (κ3) is 4.76. The molecule has 0 bridgehead atoms. The van der Waals surface area contributed by atoms with E-state index in [1.165, 1.54) is 0 Å². The smallest absolute Gasteiger partial charge is 0.324 e. The number of carbonyl (C=O) groups is 1. The molecular weight excluding hydrogens is 466 g/mol. The van der Waals surface area contributed by atoms with E-state index in [9.17, 15) is 4.79 Å². The van der Waals surface area contributed by atoms with Gasteiger partial charge in [-0.1, -0.05) is 42.5 Å². The van der Waals surface area contributed by atoms with Crippen LogP contribution in [0.4, 0.5) is 22.1 Å². The quantitative estimate of drug-likeness (QED) is 0.316. The average Bonchev–Trinajstić information content (AvgIpc) is 3.53. The molecule has 1 saturated heterocycles. The molecule has 0 unspecified atom stereocenters. The zero-order chi connectivity index (χ0) is 25.2. The number of anilines is 3. The summed E-state index contributed by atoms with van der Waals surface area (Å²) >= 11 is 0. The number of urea groups is 1. The fourth-order valence-electron chi connectivity index (χ4n) is 4.57. The van der Waals surface area contributed by atoms with E-state index < -0.39 is 0 Å². The number of nitrogens with zero attached hydrogens (tertiary/aromatic N) is 4. The Morgan fingerprint density at radius 3 is 2.51 bits per heavy atom. The number of morpholine rings is 1. The number of aryl methyl sites for hydroxylation is 1. The van der Waals surface area contributed by atoms with Crippen molar-refractivity contribution in [1.29, 1.82) is 0 Å². The molecule has 9 heteroatoms. The number of amides is 2. The summed E-state index contributed by atoms with van der Waals surface area (Å²) in [4.78, 5) is 23.0. The highest BCUT2D eigenvalue weighted by atomic mass is 16.5. The largest absolute Gasteiger partial charge is 0.378 e. The van der Waals surface area contributed by atoms with Gasteiger partial charge in [0, 0.05) is 54.7 Å². The van der Waals surface area contributed by atoms with Gasteiger partial charge in [-0.2, -0.15) is 5.10 Å². The molecule has 3 N–H and O–H groups in total. The van der Waals surface area contributed by atoms with Crippen LogP contribution in [0.25, 0.3) is 33.4 Å². The summed E-state index contributed by atoms with van der Waals surface area (Å²) in [5.74, 6) is 1.58. The number of hydrogen-bond donors (Lipinski definition) is 3. The normalized spacial score (nSPS) is 13.6. The summed E-state index contributed by atoms with van der Waals surface area (Å²) in [6.07, 6.45) is 1.84. The molecule has 1 aliphatic heterocycles. The summed E-state index contributed by atoms with van der Waals surface area (Å²) in [6.45, 7) is 3.10. The maximum Gasteiger partial charge on any atom is 0.324 e. The number of pyridine rings is 1. The number of nitrogens with one attached hydrogen (secondary N) is 3. The Morgan fingerprint density at radius 2 is 1.73 bits per heavy atom. The topological polar surface area (TPSA) is 100 Å². The molecule has 5 aromatic rings. The van der Waals surface area contributed by atoms with Crippen LogP contribution in [0.5, 0.6) is 0 Å². The van der Waals surface area contributed by atoms with E-state index in [1.54, 1.807) is 11.7 Å². The summed E-state index contributed by atoms with van der Waals surface area (Å²) < 4.78 is 7.14. The molecule has 2 amide bonds. The predicted molar refractivity (Wildman–Crippen MR) is 146 cm³/mol. The molecular formula is C28H27N7O2. The maximum absolute atomic E-state index is 12.6. The first kappa shape index (κ1) is 22.8. The summed E-state index contributed by atoms with van der Waals surface area (Å²) in [5.41, 5.74) is 5.55. The van der Waals surface area contributed by atoms with Gasteiger partial charge in [0.05, 0.1) is 24.4 Å². The van der Waals surface area contributed by atoms with Crippen molar-refractivity contribution in [2.75, 3.05) is 41.8 Å². The SMILES string of the molecule is Cn1nc(-c2ccccc2)cc1NC(=O)Nc1ccc(-c2cc3c(N4CCOCC4)nccc3[nH]2)cc1. The third-order valence-corrected chi connectivity index (χ3v) is 6.48. The van der Waals surface area contributed by atoms with E-state index in [0.717, 1.165) is 52.3 Å². The van der Waals surface area contributed by atoms with E-state index in [-0.39, 0.29) is 6.03 Å². The highest BCUT2D eigenvalue weighted by Gasteiger charge is 2.17. The van der Waals surface area contributed by atoms with Crippen molar-refractivity contribution in [1.82, 2.24) is 19.7 Å². The molecule has 186 valence electrons. The standard InChI is InChI=1S/C28H27N7O2/c1-34-26(18-25(33-34)19-5-3-2-4-6-19)32-28(36)30-21-9-7-20(8-10-21)24-17-22-23(31-24)11-12-29-27(22)35-13-15-37-16-14-35/h2-12,17-18,31H,13-16H2,1H3,(H2,30,32,36). The van der Waals surface area contributed by atoms with Crippen molar-refractivity contribution < 1.29 is 9.53 Å². The van der Waals surface area contributed by atoms with Crippen molar-refractivity contribution >= 4 is 34.3 Å². The number of H-pyrrole nitrogens is 1. The first-order valence-electron chi connectivity index (χ1n) is 12.2. The van der Waals surface area contributed by atoms with Gasteiger partial charge >= 0.3 is 6.03 Å². The Hall–Kier alpha value is -4.63. The number of fused-ring (bicyclic) bond motifs is 1. The van der Waals surface area contributed by atoms with Crippen LogP contribution < -0.4 is 15.5 Å². The third-order valence-electron chi connectivity index (χ3n) is 6.48. The molecule has 37 heavy (non-hydrogen) atoms. The minimum absolute atomic E-state index is 0.331. The lowest BCUT2D eigenvalue weighted by atomic mass is 10.1. The molecule has 0 saturated carbocycles. The van der Waals surface area contributed by atoms with Gasteiger partial charge < -0.3 is 19.9 Å². The molecule has 6 rings (SSSR count). The fourth-order valence-corrected chi connectivity index (χ4v) is 4.57. The van der Waals surface area contributed by atoms with Crippen LogP contribution in [-0.4, -0.2) is 52.1 Å². The first-order valence-corrected chi connectivity index (χ1v) is 12.2. The number of aromatic nitrogens is 4. The highest BCUT2D eigenvalue weighted by Crippen LogP contribution is 2.31. The van der Waals surface area contributed by atoms with Gasteiger partial charge in [-0.05, 0) is 29.8 Å². The number of benzene rings is 2. The van der Waals surface area contributed by atoms with Gasteiger partial charge in [0.15, 0.2) is 0 Å². The second-order valence-corrected chi connectivity index (χ2v) is 8.94. The van der Waals surface area contributed by atoms with Crippen LogP contribution in [-0.2, 0) is 11.8 Å². The summed E-state index contributed by atoms with van der Waals surface area (Å²) in [5, 5.41) is 11.4. The number of aromatic amines is 1. The number of carbonyl (C=O) groups excluding carboxylic acids is 1. The second-order valence-electron chi connectivity index (χ2n) is 8.94. The van der Waals surface area contributed by atoms with E-state index in [2.05, 4.69) is 36.7 Å².